The molecule has 3 aromatic rings. The number of hydrogen-bond acceptors (Lipinski definition) is 5. The standard InChI is InChI=1S/C22H28N4O3/c1-17-7-8-21-24-19(15-26(21)14-17)16-29-20-6-4-5-18(13-20)22(27)23-9-10-25(2)11-12-28-3/h4-8,13-15H,9-12,16H2,1-3H3,(H,23,27). The van der Waals surface area contributed by atoms with Crippen LogP contribution in [-0.2, 0) is 11.3 Å². The van der Waals surface area contributed by atoms with Crippen LogP contribution >= 0.6 is 0 Å². The maximum Gasteiger partial charge on any atom is 0.251 e. The molecule has 0 unspecified atom stereocenters. The van der Waals surface area contributed by atoms with Crippen LogP contribution in [0, 0.1) is 6.92 Å². The fraction of sp³-hybridized carbons (Fsp3) is 0.364. The van der Waals surface area contributed by atoms with Crippen molar-refractivity contribution in [3.63, 3.8) is 0 Å². The Kier molecular flexibility index (Phi) is 7.21. The number of nitrogens with one attached hydrogen (secondary N) is 1. The second-order valence-corrected chi connectivity index (χ2v) is 7.07. The van der Waals surface area contributed by atoms with Crippen LogP contribution in [0.5, 0.6) is 5.75 Å². The number of imidazole rings is 1. The third-order valence-electron chi connectivity index (χ3n) is 4.59. The topological polar surface area (TPSA) is 68.1 Å². The highest BCUT2D eigenvalue weighted by molar-refractivity contribution is 5.94. The van der Waals surface area contributed by atoms with Gasteiger partial charge in [-0.2, -0.15) is 0 Å². The molecule has 7 nitrogen and oxygen atoms in total. The number of carbonyl (C=O) groups is 1. The van der Waals surface area contributed by atoms with E-state index in [0.29, 0.717) is 31.1 Å². The molecule has 29 heavy (non-hydrogen) atoms. The predicted octanol–water partition coefficient (Wildman–Crippen LogP) is 2.53. The molecule has 0 aliphatic heterocycles. The number of benzene rings is 1. The molecule has 3 rings (SSSR count). The largest absolute Gasteiger partial charge is 0.487 e. The van der Waals surface area contributed by atoms with Gasteiger partial charge in [-0.3, -0.25) is 4.79 Å². The molecule has 1 N–H and O–H groups in total. The summed E-state index contributed by atoms with van der Waals surface area (Å²) in [7, 11) is 3.68. The fourth-order valence-electron chi connectivity index (χ4n) is 2.93. The lowest BCUT2D eigenvalue weighted by molar-refractivity contribution is 0.0947. The Bertz CT molecular complexity index is 954. The van der Waals surface area contributed by atoms with Gasteiger partial charge in [-0.1, -0.05) is 12.1 Å². The van der Waals surface area contributed by atoms with Gasteiger partial charge < -0.3 is 24.1 Å². The van der Waals surface area contributed by atoms with E-state index in [4.69, 9.17) is 9.47 Å². The lowest BCUT2D eigenvalue weighted by Gasteiger charge is -2.16. The number of aromatic nitrogens is 2. The van der Waals surface area contributed by atoms with Gasteiger partial charge in [0.25, 0.3) is 5.91 Å². The summed E-state index contributed by atoms with van der Waals surface area (Å²) in [5, 5.41) is 2.94. The summed E-state index contributed by atoms with van der Waals surface area (Å²) < 4.78 is 12.9. The van der Waals surface area contributed by atoms with Gasteiger partial charge in [-0.05, 0) is 43.8 Å². The molecule has 0 saturated carbocycles. The first kappa shape index (κ1) is 20.8. The monoisotopic (exact) mass is 396 g/mol. The summed E-state index contributed by atoms with van der Waals surface area (Å²) in [6.07, 6.45) is 3.99. The molecule has 0 aliphatic carbocycles. The van der Waals surface area contributed by atoms with E-state index in [1.807, 2.05) is 55.0 Å². The maximum atomic E-state index is 12.4. The molecule has 1 amide bonds. The van der Waals surface area contributed by atoms with Crippen molar-refractivity contribution in [2.45, 2.75) is 13.5 Å². The van der Waals surface area contributed by atoms with Crippen molar-refractivity contribution in [2.75, 3.05) is 40.4 Å². The number of amides is 1. The zero-order valence-electron chi connectivity index (χ0n) is 17.2. The van der Waals surface area contributed by atoms with Crippen molar-refractivity contribution in [3.8, 4) is 5.75 Å². The molecular weight excluding hydrogens is 368 g/mol. The summed E-state index contributed by atoms with van der Waals surface area (Å²) in [6.45, 7) is 5.23. The van der Waals surface area contributed by atoms with Gasteiger partial charge in [0.1, 0.15) is 18.0 Å². The van der Waals surface area contributed by atoms with E-state index < -0.39 is 0 Å². The number of aryl methyl sites for hydroxylation is 1. The number of ether oxygens (including phenoxy) is 2. The highest BCUT2D eigenvalue weighted by Crippen LogP contribution is 2.16. The number of hydrogen-bond donors (Lipinski definition) is 1. The molecule has 0 fully saturated rings. The maximum absolute atomic E-state index is 12.4. The predicted molar refractivity (Wildman–Crippen MR) is 112 cm³/mol. The number of carbonyl (C=O) groups excluding carboxylic acids is 1. The highest BCUT2D eigenvalue weighted by atomic mass is 16.5. The van der Waals surface area contributed by atoms with Crippen LogP contribution < -0.4 is 10.1 Å². The van der Waals surface area contributed by atoms with Crippen molar-refractivity contribution < 1.29 is 14.3 Å². The Balaban J connectivity index is 1.52. The van der Waals surface area contributed by atoms with Gasteiger partial charge in [0.05, 0.1) is 12.3 Å². The van der Waals surface area contributed by atoms with Crippen LogP contribution in [0.1, 0.15) is 21.6 Å². The molecule has 2 aromatic heterocycles. The second-order valence-electron chi connectivity index (χ2n) is 7.07. The zero-order valence-corrected chi connectivity index (χ0v) is 17.2. The zero-order chi connectivity index (χ0) is 20.6. The van der Waals surface area contributed by atoms with Gasteiger partial charge in [0, 0.05) is 44.7 Å². The van der Waals surface area contributed by atoms with Crippen molar-refractivity contribution in [2.24, 2.45) is 0 Å². The van der Waals surface area contributed by atoms with Crippen LogP contribution in [0.3, 0.4) is 0 Å². The van der Waals surface area contributed by atoms with Crippen LogP contribution in [-0.4, -0.2) is 60.6 Å². The average Bonchev–Trinajstić information content (AvgIpc) is 3.13. The van der Waals surface area contributed by atoms with E-state index in [0.717, 1.165) is 24.4 Å². The first-order valence-corrected chi connectivity index (χ1v) is 9.68. The third kappa shape index (κ3) is 6.04. The molecule has 0 spiro atoms. The summed E-state index contributed by atoms with van der Waals surface area (Å²) in [6, 6.07) is 11.2. The molecule has 2 heterocycles. The van der Waals surface area contributed by atoms with E-state index in [1.54, 1.807) is 19.2 Å². The Morgan fingerprint density at radius 2 is 2.07 bits per heavy atom. The second kappa shape index (κ2) is 10.0. The number of pyridine rings is 1. The highest BCUT2D eigenvalue weighted by Gasteiger charge is 2.08. The smallest absolute Gasteiger partial charge is 0.251 e. The van der Waals surface area contributed by atoms with E-state index in [-0.39, 0.29) is 5.91 Å². The normalized spacial score (nSPS) is 11.2. The van der Waals surface area contributed by atoms with Crippen molar-refractivity contribution >= 4 is 11.6 Å². The fourth-order valence-corrected chi connectivity index (χ4v) is 2.93. The van der Waals surface area contributed by atoms with Gasteiger partial charge >= 0.3 is 0 Å². The average molecular weight is 396 g/mol. The van der Waals surface area contributed by atoms with Crippen LogP contribution in [0.2, 0.25) is 0 Å². The minimum absolute atomic E-state index is 0.112. The number of methoxy groups -OCH3 is 1. The van der Waals surface area contributed by atoms with Crippen molar-refractivity contribution in [1.82, 2.24) is 19.6 Å². The Hall–Kier alpha value is -2.90. The van der Waals surface area contributed by atoms with E-state index in [2.05, 4.69) is 15.2 Å². The van der Waals surface area contributed by atoms with E-state index in [1.165, 1.54) is 5.56 Å². The van der Waals surface area contributed by atoms with Gasteiger partial charge in [-0.25, -0.2) is 4.98 Å². The lowest BCUT2D eigenvalue weighted by Crippen LogP contribution is -2.34. The molecule has 7 heteroatoms. The van der Waals surface area contributed by atoms with Gasteiger partial charge in [0.2, 0.25) is 0 Å². The van der Waals surface area contributed by atoms with Crippen molar-refractivity contribution in [3.05, 3.63) is 65.6 Å². The van der Waals surface area contributed by atoms with Crippen LogP contribution in [0.25, 0.3) is 5.65 Å². The number of nitrogens with zero attached hydrogens (tertiary/aromatic N) is 3. The first-order valence-electron chi connectivity index (χ1n) is 9.68. The molecule has 0 aliphatic rings. The molecule has 0 radical (unpaired) electrons. The molecule has 1 aromatic carbocycles. The minimum atomic E-state index is -0.112. The first-order chi connectivity index (χ1) is 14.0. The quantitative estimate of drug-likeness (QED) is 0.570. The Labute approximate surface area is 171 Å². The number of rotatable bonds is 10. The Morgan fingerprint density at radius 3 is 2.90 bits per heavy atom. The van der Waals surface area contributed by atoms with E-state index >= 15 is 0 Å². The molecule has 0 saturated heterocycles. The molecule has 0 atom stereocenters. The lowest BCUT2D eigenvalue weighted by atomic mass is 10.2. The summed E-state index contributed by atoms with van der Waals surface area (Å²) >= 11 is 0. The third-order valence-corrected chi connectivity index (χ3v) is 4.59. The van der Waals surface area contributed by atoms with Gasteiger partial charge in [-0.15, -0.1) is 0 Å². The minimum Gasteiger partial charge on any atom is -0.487 e. The van der Waals surface area contributed by atoms with Crippen LogP contribution in [0.15, 0.2) is 48.8 Å². The molecule has 0 bridgehead atoms. The summed E-state index contributed by atoms with van der Waals surface area (Å²) in [5.41, 5.74) is 3.47. The van der Waals surface area contributed by atoms with Gasteiger partial charge in [0.15, 0.2) is 0 Å². The number of likely N-dealkylation sites (N-methyl/N-ethyl adjacent to an activating group) is 1. The molecular formula is C22H28N4O3. The molecule has 154 valence electrons. The van der Waals surface area contributed by atoms with Crippen molar-refractivity contribution in [1.29, 1.82) is 0 Å². The Morgan fingerprint density at radius 1 is 1.21 bits per heavy atom. The summed E-state index contributed by atoms with van der Waals surface area (Å²) in [4.78, 5) is 19.1. The van der Waals surface area contributed by atoms with E-state index in [9.17, 15) is 4.79 Å². The summed E-state index contributed by atoms with van der Waals surface area (Å²) in [5.74, 6) is 0.530. The number of fused-ring (bicyclic) bond motifs is 1. The SMILES string of the molecule is COCCN(C)CCNC(=O)c1cccc(OCc2cn3cc(C)ccc3n2)c1. The van der Waals surface area contributed by atoms with Crippen LogP contribution in [0.4, 0.5) is 0 Å².